The number of hydrogen-bond acceptors (Lipinski definition) is 2. The van der Waals surface area contributed by atoms with E-state index in [0.29, 0.717) is 6.04 Å². The number of nitrogens with one attached hydrogen (secondary N) is 1. The van der Waals surface area contributed by atoms with Gasteiger partial charge in [-0.1, -0.05) is 36.6 Å². The lowest BCUT2D eigenvalue weighted by atomic mass is 10.0. The van der Waals surface area contributed by atoms with Crippen LogP contribution in [0, 0.1) is 0 Å². The molecule has 0 fully saturated rings. The molecule has 1 aromatic carbocycles. The maximum Gasteiger partial charge on any atom is 0.0406 e. The Labute approximate surface area is 132 Å². The highest BCUT2D eigenvalue weighted by atomic mass is 35.5. The van der Waals surface area contributed by atoms with Crippen LogP contribution in [0.3, 0.4) is 0 Å². The molecule has 0 amide bonds. The van der Waals surface area contributed by atoms with Gasteiger partial charge in [0.2, 0.25) is 0 Å². The van der Waals surface area contributed by atoms with Gasteiger partial charge in [0.1, 0.15) is 0 Å². The first-order valence-corrected chi connectivity index (χ1v) is 8.96. The average molecular weight is 310 g/mol. The fourth-order valence-corrected chi connectivity index (χ4v) is 3.76. The van der Waals surface area contributed by atoms with Gasteiger partial charge in [-0.25, -0.2) is 0 Å². The standard InChI is InChI=1S/C17H24ClNS/c1-2-19-17(14-7-5-3-4-6-8-14)13-20-16-11-9-15(18)10-12-16/h7,9-12,17,19H,2-6,8,13H2,1H3. The monoisotopic (exact) mass is 309 g/mol. The van der Waals surface area contributed by atoms with Crippen LogP contribution in [0.4, 0.5) is 0 Å². The van der Waals surface area contributed by atoms with E-state index in [1.54, 1.807) is 5.57 Å². The summed E-state index contributed by atoms with van der Waals surface area (Å²) in [5.74, 6) is 1.10. The zero-order valence-electron chi connectivity index (χ0n) is 12.2. The Morgan fingerprint density at radius 1 is 1.20 bits per heavy atom. The van der Waals surface area contributed by atoms with Crippen molar-refractivity contribution in [3.05, 3.63) is 40.9 Å². The molecule has 20 heavy (non-hydrogen) atoms. The van der Waals surface area contributed by atoms with Gasteiger partial charge in [0.05, 0.1) is 0 Å². The summed E-state index contributed by atoms with van der Waals surface area (Å²) in [5, 5.41) is 4.46. The number of halogens is 1. The summed E-state index contributed by atoms with van der Waals surface area (Å²) in [6.45, 7) is 3.22. The van der Waals surface area contributed by atoms with Gasteiger partial charge in [-0.2, -0.15) is 0 Å². The van der Waals surface area contributed by atoms with Gasteiger partial charge in [0.25, 0.3) is 0 Å². The lowest BCUT2D eigenvalue weighted by molar-refractivity contribution is 0.608. The van der Waals surface area contributed by atoms with Gasteiger partial charge in [0, 0.05) is 21.7 Å². The topological polar surface area (TPSA) is 12.0 Å². The van der Waals surface area contributed by atoms with Crippen molar-refractivity contribution in [3.8, 4) is 0 Å². The van der Waals surface area contributed by atoms with E-state index in [-0.39, 0.29) is 0 Å². The fourth-order valence-electron chi connectivity index (χ4n) is 2.61. The Bertz CT molecular complexity index is 427. The largest absolute Gasteiger partial charge is 0.310 e. The summed E-state index contributed by atoms with van der Waals surface area (Å²) < 4.78 is 0. The van der Waals surface area contributed by atoms with Crippen molar-refractivity contribution < 1.29 is 0 Å². The maximum atomic E-state index is 5.93. The molecule has 0 heterocycles. The summed E-state index contributed by atoms with van der Waals surface area (Å²) in [5.41, 5.74) is 1.62. The van der Waals surface area contributed by atoms with Gasteiger partial charge in [-0.3, -0.25) is 0 Å². The van der Waals surface area contributed by atoms with E-state index in [0.717, 1.165) is 17.3 Å². The van der Waals surface area contributed by atoms with E-state index in [2.05, 4.69) is 30.4 Å². The fraction of sp³-hybridized carbons (Fsp3) is 0.529. The molecule has 0 aliphatic heterocycles. The van der Waals surface area contributed by atoms with Crippen LogP contribution in [0.5, 0.6) is 0 Å². The van der Waals surface area contributed by atoms with E-state index in [4.69, 9.17) is 11.6 Å². The molecule has 3 heteroatoms. The number of hydrogen-bond donors (Lipinski definition) is 1. The van der Waals surface area contributed by atoms with Crippen LogP contribution in [0.2, 0.25) is 5.02 Å². The summed E-state index contributed by atoms with van der Waals surface area (Å²) in [7, 11) is 0. The summed E-state index contributed by atoms with van der Waals surface area (Å²) >= 11 is 7.85. The molecule has 1 unspecified atom stereocenters. The molecule has 1 aliphatic carbocycles. The molecule has 0 spiro atoms. The van der Waals surface area contributed by atoms with Crippen LogP contribution in [-0.4, -0.2) is 18.3 Å². The number of allylic oxidation sites excluding steroid dienone is 1. The van der Waals surface area contributed by atoms with Gasteiger partial charge < -0.3 is 5.32 Å². The molecule has 2 rings (SSSR count). The van der Waals surface area contributed by atoms with Crippen molar-refractivity contribution in [1.29, 1.82) is 0 Å². The summed E-state index contributed by atoms with van der Waals surface area (Å²) in [6.07, 6.45) is 9.07. The maximum absolute atomic E-state index is 5.93. The Morgan fingerprint density at radius 3 is 2.75 bits per heavy atom. The third-order valence-corrected chi connectivity index (χ3v) is 5.06. The van der Waals surface area contributed by atoms with Crippen LogP contribution >= 0.6 is 23.4 Å². The normalized spacial score (nSPS) is 17.4. The Kier molecular flexibility index (Phi) is 6.98. The highest BCUT2D eigenvalue weighted by molar-refractivity contribution is 7.99. The van der Waals surface area contributed by atoms with E-state index >= 15 is 0 Å². The van der Waals surface area contributed by atoms with Crippen molar-refractivity contribution in [2.24, 2.45) is 0 Å². The second-order valence-corrected chi connectivity index (χ2v) is 6.78. The minimum atomic E-state index is 0.513. The molecule has 1 aliphatic rings. The third-order valence-electron chi connectivity index (χ3n) is 3.70. The minimum absolute atomic E-state index is 0.513. The molecule has 110 valence electrons. The molecule has 1 atom stereocenters. The molecule has 0 saturated heterocycles. The van der Waals surface area contributed by atoms with Crippen molar-refractivity contribution in [1.82, 2.24) is 5.32 Å². The number of likely N-dealkylation sites (N-methyl/N-ethyl adjacent to an activating group) is 1. The lowest BCUT2D eigenvalue weighted by Crippen LogP contribution is -2.33. The van der Waals surface area contributed by atoms with Gasteiger partial charge in [0.15, 0.2) is 0 Å². The molecule has 1 N–H and O–H groups in total. The first-order valence-electron chi connectivity index (χ1n) is 7.60. The van der Waals surface area contributed by atoms with Crippen molar-refractivity contribution in [2.75, 3.05) is 12.3 Å². The SMILES string of the molecule is CCNC(CSc1ccc(Cl)cc1)C1=CCCCCC1. The van der Waals surface area contributed by atoms with Gasteiger partial charge in [-0.05, 0) is 56.5 Å². The molecule has 1 aromatic rings. The number of thioether (sulfide) groups is 1. The quantitative estimate of drug-likeness (QED) is 0.565. The van der Waals surface area contributed by atoms with Crippen LogP contribution in [0.1, 0.15) is 39.0 Å². The van der Waals surface area contributed by atoms with Crippen LogP contribution in [0.15, 0.2) is 40.8 Å². The second kappa shape index (κ2) is 8.76. The van der Waals surface area contributed by atoms with Crippen molar-refractivity contribution in [3.63, 3.8) is 0 Å². The zero-order chi connectivity index (χ0) is 14.2. The van der Waals surface area contributed by atoms with Crippen LogP contribution < -0.4 is 5.32 Å². The van der Waals surface area contributed by atoms with Gasteiger partial charge >= 0.3 is 0 Å². The summed E-state index contributed by atoms with van der Waals surface area (Å²) in [4.78, 5) is 1.30. The van der Waals surface area contributed by atoms with Crippen LogP contribution in [0.25, 0.3) is 0 Å². The third kappa shape index (κ3) is 5.16. The molecule has 1 nitrogen and oxygen atoms in total. The molecular formula is C17H24ClNS. The molecular weight excluding hydrogens is 286 g/mol. The highest BCUT2D eigenvalue weighted by Gasteiger charge is 2.15. The van der Waals surface area contributed by atoms with E-state index in [1.165, 1.54) is 37.0 Å². The molecule has 0 bridgehead atoms. The Balaban J connectivity index is 1.94. The number of benzene rings is 1. The smallest absolute Gasteiger partial charge is 0.0406 e. The Morgan fingerprint density at radius 2 is 2.00 bits per heavy atom. The predicted octanol–water partition coefficient (Wildman–Crippen LogP) is 5.30. The van der Waals surface area contributed by atoms with E-state index in [1.807, 2.05) is 23.9 Å². The van der Waals surface area contributed by atoms with Gasteiger partial charge in [-0.15, -0.1) is 11.8 Å². The van der Waals surface area contributed by atoms with Crippen molar-refractivity contribution in [2.45, 2.75) is 50.0 Å². The van der Waals surface area contributed by atoms with E-state index in [9.17, 15) is 0 Å². The van der Waals surface area contributed by atoms with E-state index < -0.39 is 0 Å². The second-order valence-electron chi connectivity index (χ2n) is 5.25. The molecule has 0 aromatic heterocycles. The first-order chi connectivity index (χ1) is 9.79. The Hall–Kier alpha value is -0.440. The molecule has 0 saturated carbocycles. The predicted molar refractivity (Wildman–Crippen MR) is 90.8 cm³/mol. The molecule has 0 radical (unpaired) electrons. The average Bonchev–Trinajstić information content (AvgIpc) is 2.74. The minimum Gasteiger partial charge on any atom is -0.310 e. The summed E-state index contributed by atoms with van der Waals surface area (Å²) in [6, 6.07) is 8.67. The zero-order valence-corrected chi connectivity index (χ0v) is 13.8. The van der Waals surface area contributed by atoms with Crippen molar-refractivity contribution >= 4 is 23.4 Å². The highest BCUT2D eigenvalue weighted by Crippen LogP contribution is 2.26. The van der Waals surface area contributed by atoms with Crippen LogP contribution in [-0.2, 0) is 0 Å². The number of rotatable bonds is 6. The first kappa shape index (κ1) is 15.9. The lowest BCUT2D eigenvalue weighted by Gasteiger charge is -2.21.